The van der Waals surface area contributed by atoms with Crippen LogP contribution in [0.1, 0.15) is 65.7 Å². The molecular weight excluding hydrogens is 268 g/mol. The number of hydrogen-bond acceptors (Lipinski definition) is 4. The fourth-order valence-electron chi connectivity index (χ4n) is 3.54. The van der Waals surface area contributed by atoms with Crippen molar-refractivity contribution in [1.29, 1.82) is 0 Å². The molecule has 1 atom stereocenters. The lowest BCUT2D eigenvalue weighted by Crippen LogP contribution is -2.63. The maximum Gasteiger partial charge on any atom is 0.410 e. The topological polar surface area (TPSA) is 75.8 Å². The smallest absolute Gasteiger partial charge is 0.410 e. The zero-order valence-corrected chi connectivity index (χ0v) is 13.6. The molecule has 2 aliphatic rings. The van der Waals surface area contributed by atoms with Crippen LogP contribution in [0.3, 0.4) is 0 Å². The van der Waals surface area contributed by atoms with Crippen molar-refractivity contribution < 1.29 is 14.6 Å². The third-order valence-corrected chi connectivity index (χ3v) is 4.68. The lowest BCUT2D eigenvalue weighted by Gasteiger charge is -2.48. The fraction of sp³-hybridized carbons (Fsp3) is 0.938. The van der Waals surface area contributed by atoms with Crippen molar-refractivity contribution in [2.75, 3.05) is 6.54 Å². The Labute approximate surface area is 127 Å². The second kappa shape index (κ2) is 6.13. The van der Waals surface area contributed by atoms with Crippen LogP contribution in [0.5, 0.6) is 0 Å². The van der Waals surface area contributed by atoms with Gasteiger partial charge in [0.05, 0.1) is 12.1 Å². The van der Waals surface area contributed by atoms with E-state index in [1.807, 2.05) is 25.7 Å². The lowest BCUT2D eigenvalue weighted by atomic mass is 9.73. The van der Waals surface area contributed by atoms with E-state index < -0.39 is 5.60 Å². The summed E-state index contributed by atoms with van der Waals surface area (Å²) >= 11 is 0. The highest BCUT2D eigenvalue weighted by molar-refractivity contribution is 5.69. The maximum absolute atomic E-state index is 12.5. The summed E-state index contributed by atoms with van der Waals surface area (Å²) in [5, 5.41) is 9.71. The third kappa shape index (κ3) is 4.10. The molecule has 2 rings (SSSR count). The summed E-state index contributed by atoms with van der Waals surface area (Å²) in [7, 11) is 0. The number of likely N-dealkylation sites (tertiary alicyclic amines) is 1. The molecule has 0 aromatic carbocycles. The van der Waals surface area contributed by atoms with Crippen LogP contribution >= 0.6 is 0 Å². The standard InChI is InChI=1S/C16H30N2O3/c1-15(2,3)21-14(20)18-11-5-4-6-13(18)16(17)9-7-12(19)8-10-16/h12-13,19H,4-11,17H2,1-3H3. The predicted molar refractivity (Wildman–Crippen MR) is 82.0 cm³/mol. The van der Waals surface area contributed by atoms with Gasteiger partial charge in [0, 0.05) is 12.1 Å². The van der Waals surface area contributed by atoms with Gasteiger partial charge in [-0.05, 0) is 65.7 Å². The van der Waals surface area contributed by atoms with Crippen molar-refractivity contribution in [3.63, 3.8) is 0 Å². The number of piperidine rings is 1. The average molecular weight is 298 g/mol. The number of rotatable bonds is 1. The number of hydrogen-bond donors (Lipinski definition) is 2. The lowest BCUT2D eigenvalue weighted by molar-refractivity contribution is -0.0133. The average Bonchev–Trinajstić information content (AvgIpc) is 2.40. The van der Waals surface area contributed by atoms with Crippen molar-refractivity contribution in [1.82, 2.24) is 4.90 Å². The van der Waals surface area contributed by atoms with E-state index in [1.165, 1.54) is 0 Å². The van der Waals surface area contributed by atoms with E-state index in [-0.39, 0.29) is 23.8 Å². The first-order valence-corrected chi connectivity index (χ1v) is 8.18. The normalized spacial score (nSPS) is 34.6. The van der Waals surface area contributed by atoms with E-state index in [2.05, 4.69) is 0 Å². The Bertz CT molecular complexity index is 370. The second-order valence-electron chi connectivity index (χ2n) is 7.65. The fourth-order valence-corrected chi connectivity index (χ4v) is 3.54. The number of carbonyl (C=O) groups excluding carboxylic acids is 1. The maximum atomic E-state index is 12.5. The van der Waals surface area contributed by atoms with Gasteiger partial charge in [-0.25, -0.2) is 4.79 Å². The zero-order chi connectivity index (χ0) is 15.7. The number of carbonyl (C=O) groups is 1. The van der Waals surface area contributed by atoms with Crippen LogP contribution in [0.25, 0.3) is 0 Å². The molecule has 1 amide bonds. The first kappa shape index (κ1) is 16.6. The van der Waals surface area contributed by atoms with Crippen LogP contribution in [0.4, 0.5) is 4.79 Å². The number of aliphatic hydroxyl groups is 1. The van der Waals surface area contributed by atoms with E-state index in [0.29, 0.717) is 0 Å². The number of amides is 1. The monoisotopic (exact) mass is 298 g/mol. The summed E-state index contributed by atoms with van der Waals surface area (Å²) < 4.78 is 5.55. The van der Waals surface area contributed by atoms with Crippen LogP contribution in [0, 0.1) is 0 Å². The van der Waals surface area contributed by atoms with Crippen molar-refractivity contribution in [2.45, 2.75) is 89.0 Å². The van der Waals surface area contributed by atoms with Crippen molar-refractivity contribution in [3.05, 3.63) is 0 Å². The molecule has 0 aromatic rings. The van der Waals surface area contributed by atoms with Crippen molar-refractivity contribution in [3.8, 4) is 0 Å². The number of ether oxygens (including phenoxy) is 1. The van der Waals surface area contributed by atoms with E-state index in [0.717, 1.165) is 51.5 Å². The van der Waals surface area contributed by atoms with E-state index in [9.17, 15) is 9.90 Å². The molecule has 1 heterocycles. The van der Waals surface area contributed by atoms with Crippen LogP contribution in [-0.2, 0) is 4.74 Å². The van der Waals surface area contributed by atoms with Crippen molar-refractivity contribution in [2.24, 2.45) is 5.73 Å². The highest BCUT2D eigenvalue weighted by atomic mass is 16.6. The SMILES string of the molecule is CC(C)(C)OC(=O)N1CCCCC1C1(N)CCC(O)CC1. The van der Waals surface area contributed by atoms with Gasteiger partial charge in [0.25, 0.3) is 0 Å². The Morgan fingerprint density at radius 2 is 1.86 bits per heavy atom. The first-order valence-electron chi connectivity index (χ1n) is 8.18. The molecule has 21 heavy (non-hydrogen) atoms. The molecule has 5 nitrogen and oxygen atoms in total. The Kier molecular flexibility index (Phi) is 4.83. The minimum atomic E-state index is -0.483. The van der Waals surface area contributed by atoms with Crippen LogP contribution in [0.15, 0.2) is 0 Å². The van der Waals surface area contributed by atoms with Gasteiger partial charge in [-0.2, -0.15) is 0 Å². The predicted octanol–water partition coefficient (Wildman–Crippen LogP) is 2.41. The summed E-state index contributed by atoms with van der Waals surface area (Å²) in [5.41, 5.74) is 5.77. The molecule has 0 spiro atoms. The molecule has 1 saturated heterocycles. The van der Waals surface area contributed by atoms with Crippen molar-refractivity contribution >= 4 is 6.09 Å². The Hall–Kier alpha value is -0.810. The van der Waals surface area contributed by atoms with Gasteiger partial charge >= 0.3 is 6.09 Å². The molecule has 2 fully saturated rings. The minimum absolute atomic E-state index is 0.0357. The Morgan fingerprint density at radius 3 is 2.43 bits per heavy atom. The molecule has 0 bridgehead atoms. The molecular formula is C16H30N2O3. The quantitative estimate of drug-likeness (QED) is 0.779. The summed E-state index contributed by atoms with van der Waals surface area (Å²) in [6, 6.07) is 0.0357. The number of nitrogens with two attached hydrogens (primary N) is 1. The van der Waals surface area contributed by atoms with E-state index >= 15 is 0 Å². The Balaban J connectivity index is 2.10. The summed E-state index contributed by atoms with van der Waals surface area (Å²) in [6.07, 6.45) is 5.58. The summed E-state index contributed by atoms with van der Waals surface area (Å²) in [6.45, 7) is 6.39. The van der Waals surface area contributed by atoms with Gasteiger partial charge in [-0.3, -0.25) is 0 Å². The highest BCUT2D eigenvalue weighted by Gasteiger charge is 2.44. The van der Waals surface area contributed by atoms with Gasteiger partial charge < -0.3 is 20.5 Å². The van der Waals surface area contributed by atoms with E-state index in [4.69, 9.17) is 10.5 Å². The van der Waals surface area contributed by atoms with Crippen LogP contribution in [0.2, 0.25) is 0 Å². The third-order valence-electron chi connectivity index (χ3n) is 4.68. The van der Waals surface area contributed by atoms with E-state index in [1.54, 1.807) is 0 Å². The second-order valence-corrected chi connectivity index (χ2v) is 7.65. The van der Waals surface area contributed by atoms with Gasteiger partial charge in [-0.15, -0.1) is 0 Å². The molecule has 1 unspecified atom stereocenters. The Morgan fingerprint density at radius 1 is 1.24 bits per heavy atom. The minimum Gasteiger partial charge on any atom is -0.444 e. The van der Waals surface area contributed by atoms with Crippen LogP contribution in [-0.4, -0.2) is 45.9 Å². The number of nitrogens with zero attached hydrogens (tertiary/aromatic N) is 1. The molecule has 1 aliphatic heterocycles. The van der Waals surface area contributed by atoms with Gasteiger partial charge in [0.15, 0.2) is 0 Å². The highest BCUT2D eigenvalue weighted by Crippen LogP contribution is 2.36. The van der Waals surface area contributed by atoms with Crippen LogP contribution < -0.4 is 5.73 Å². The largest absolute Gasteiger partial charge is 0.444 e. The molecule has 5 heteroatoms. The molecule has 0 aromatic heterocycles. The molecule has 3 N–H and O–H groups in total. The molecule has 122 valence electrons. The summed E-state index contributed by atoms with van der Waals surface area (Å²) in [4.78, 5) is 14.3. The molecule has 1 aliphatic carbocycles. The summed E-state index contributed by atoms with van der Waals surface area (Å²) in [5.74, 6) is 0. The van der Waals surface area contributed by atoms with Gasteiger partial charge in [0.1, 0.15) is 5.60 Å². The zero-order valence-electron chi connectivity index (χ0n) is 13.6. The molecule has 1 saturated carbocycles. The first-order chi connectivity index (χ1) is 9.71. The number of aliphatic hydroxyl groups excluding tert-OH is 1. The van der Waals surface area contributed by atoms with Gasteiger partial charge in [-0.1, -0.05) is 0 Å². The van der Waals surface area contributed by atoms with Gasteiger partial charge in [0.2, 0.25) is 0 Å². The molecule has 0 radical (unpaired) electrons.